The van der Waals surface area contributed by atoms with Crippen LogP contribution in [0.3, 0.4) is 0 Å². The normalized spacial score (nSPS) is 20.4. The maximum absolute atomic E-state index is 13.6. The molecule has 0 unspecified atom stereocenters. The van der Waals surface area contributed by atoms with Gasteiger partial charge in [-0.15, -0.1) is 11.3 Å². The Bertz CT molecular complexity index is 1770. The van der Waals surface area contributed by atoms with E-state index < -0.39 is 98.9 Å². The number of rotatable bonds is 6. The predicted octanol–water partition coefficient (Wildman–Crippen LogP) is 4.23. The smallest absolute Gasteiger partial charge is 0.267 e. The second kappa shape index (κ2) is 8.04. The fourth-order valence-corrected chi connectivity index (χ4v) is 4.51. The minimum absolute atomic E-state index is 0.276. The van der Waals surface area contributed by atoms with Crippen LogP contribution >= 0.6 is 11.3 Å². The Morgan fingerprint density at radius 2 is 2.17 bits per heavy atom. The molecular weight excluding hydrogens is 426 g/mol. The van der Waals surface area contributed by atoms with Crippen LogP contribution in [0.5, 0.6) is 0 Å². The lowest BCUT2D eigenvalue weighted by Gasteiger charge is -2.14. The van der Waals surface area contributed by atoms with Crippen molar-refractivity contribution in [3.8, 4) is 0 Å². The van der Waals surface area contributed by atoms with Crippen LogP contribution in [0.15, 0.2) is 33.0 Å². The van der Waals surface area contributed by atoms with Crippen molar-refractivity contribution in [3.63, 3.8) is 0 Å². The van der Waals surface area contributed by atoms with E-state index in [9.17, 15) is 18.0 Å². The van der Waals surface area contributed by atoms with Crippen molar-refractivity contribution in [2.75, 3.05) is 10.0 Å². The van der Waals surface area contributed by atoms with E-state index in [1.807, 2.05) is 0 Å². The van der Waals surface area contributed by atoms with E-state index >= 15 is 0 Å². The lowest BCUT2D eigenvalue weighted by molar-refractivity contribution is 0.101. The van der Waals surface area contributed by atoms with Gasteiger partial charge in [-0.3, -0.25) is 9.59 Å². The van der Waals surface area contributed by atoms with Crippen molar-refractivity contribution < 1.29 is 43.2 Å². The highest BCUT2D eigenvalue weighted by molar-refractivity contribution is 7.93. The zero-order valence-corrected chi connectivity index (χ0v) is 16.6. The zero-order valence-electron chi connectivity index (χ0n) is 29.9. The molecule has 0 spiro atoms. The number of amides is 1. The van der Waals surface area contributed by atoms with Crippen LogP contribution in [0.2, 0.25) is 2.82 Å². The first-order valence-electron chi connectivity index (χ1n) is 15.2. The number of nitrogens with zero attached hydrogens (tertiary/aromatic N) is 1. The molecule has 0 fully saturated rings. The van der Waals surface area contributed by atoms with Crippen molar-refractivity contribution in [1.29, 1.82) is 0 Å². The summed E-state index contributed by atoms with van der Waals surface area (Å²) in [6.07, 6.45) is 0. The lowest BCUT2D eigenvalue weighted by Crippen LogP contribution is -2.20. The average molecular weight is 463 g/mol. The van der Waals surface area contributed by atoms with Gasteiger partial charge < -0.3 is 9.83 Å². The largest absolute Gasteiger partial charge is 0.337 e. The van der Waals surface area contributed by atoms with Crippen LogP contribution in [0.4, 0.5) is 11.6 Å². The van der Waals surface area contributed by atoms with Crippen LogP contribution in [0.25, 0.3) is 0 Å². The summed E-state index contributed by atoms with van der Waals surface area (Å²) in [4.78, 5) is 24.7. The maximum atomic E-state index is 13.6. The second-order valence-corrected chi connectivity index (χ2v) is 8.20. The van der Waals surface area contributed by atoms with E-state index in [-0.39, 0.29) is 15.6 Å². The SMILES string of the molecule is [2H]c1c(C([2H])([2H])[2H])cc(C(=O)C([2H])([2H])[2H])c(N([2H])C(=O)c2sccc2S(=O)(=O)N([2H])c2onc(C([2H])([2H])[2H])c2C)c1C([2H])([2H])[2H]. The standard InChI is InChI=1S/C20H21N3O5S2/c1-10-8-11(2)17(15(9-10)14(5)24)21-19(25)18-16(6-7-29-18)30(26,27)23-20-12(3)13(4)22-28-20/h6-9,23H,1-5H3,(H,21,25)/i1D3,2D3,4D3,5D3,8D/hD2. The van der Waals surface area contributed by atoms with Crippen LogP contribution in [-0.2, 0) is 10.0 Å². The molecule has 0 saturated carbocycles. The van der Waals surface area contributed by atoms with Crippen LogP contribution in [0, 0.1) is 27.5 Å². The quantitative estimate of drug-likeness (QED) is 0.529. The van der Waals surface area contributed by atoms with Gasteiger partial charge in [-0.2, -0.15) is 0 Å². The van der Waals surface area contributed by atoms with Gasteiger partial charge in [-0.05, 0) is 63.0 Å². The molecule has 3 rings (SSSR count). The highest BCUT2D eigenvalue weighted by atomic mass is 32.2. The molecule has 1 amide bonds. The van der Waals surface area contributed by atoms with Crippen molar-refractivity contribution in [2.45, 2.75) is 39.2 Å². The first-order valence-corrected chi connectivity index (χ1v) is 10.1. The average Bonchev–Trinajstić information content (AvgIpc) is 3.51. The summed E-state index contributed by atoms with van der Waals surface area (Å²) < 4.78 is 148. The minimum Gasteiger partial charge on any atom is -0.337 e. The van der Waals surface area contributed by atoms with Crippen molar-refractivity contribution in [1.82, 2.24) is 5.16 Å². The first kappa shape index (κ1) is 9.44. The summed E-state index contributed by atoms with van der Waals surface area (Å²) in [7, 11) is -5.13. The van der Waals surface area contributed by atoms with Gasteiger partial charge in [-0.1, -0.05) is 11.2 Å². The Balaban J connectivity index is 2.28. The molecule has 0 aliphatic rings. The molecule has 0 bridgehead atoms. The third kappa shape index (κ3) is 4.14. The van der Waals surface area contributed by atoms with Gasteiger partial charge in [0, 0.05) is 27.6 Å². The number of nitrogens with one attached hydrogen (secondary N) is 2. The van der Waals surface area contributed by atoms with Gasteiger partial charge in [0.15, 0.2) is 8.61 Å². The van der Waals surface area contributed by atoms with Crippen molar-refractivity contribution >= 4 is 44.6 Å². The molecule has 0 saturated heterocycles. The fourth-order valence-electron chi connectivity index (χ4n) is 2.25. The molecule has 3 aromatic rings. The Labute approximate surface area is 199 Å². The molecule has 158 valence electrons. The van der Waals surface area contributed by atoms with Crippen LogP contribution in [-0.4, -0.2) is 25.3 Å². The summed E-state index contributed by atoms with van der Waals surface area (Å²) >= 11 is 0.368. The number of carbonyl (C=O) groups excluding carboxylic acids is 2. The van der Waals surface area contributed by atoms with E-state index in [4.69, 9.17) is 25.2 Å². The number of anilines is 2. The third-order valence-corrected chi connectivity index (χ3v) is 6.04. The van der Waals surface area contributed by atoms with Gasteiger partial charge >= 0.3 is 0 Å². The predicted molar refractivity (Wildman–Crippen MR) is 115 cm³/mol. The fraction of sp³-hybridized carbons (Fsp3) is 0.250. The number of aryl methyl sites for hydroxylation is 2. The highest BCUT2D eigenvalue weighted by Crippen LogP contribution is 2.29. The summed E-state index contributed by atoms with van der Waals surface area (Å²) in [5, 5.41) is 3.97. The van der Waals surface area contributed by atoms with Gasteiger partial charge in [0.1, 0.15) is 9.77 Å². The number of carbonyl (C=O) groups is 2. The van der Waals surface area contributed by atoms with Crippen molar-refractivity contribution in [3.05, 3.63) is 56.4 Å². The summed E-state index contributed by atoms with van der Waals surface area (Å²) in [6.45, 7) is -12.0. The molecule has 2 heterocycles. The monoisotopic (exact) mass is 462 g/mol. The minimum atomic E-state index is -5.13. The molecular formula is C20H21N3O5S2. The van der Waals surface area contributed by atoms with E-state index in [2.05, 4.69) is 5.16 Å². The van der Waals surface area contributed by atoms with E-state index in [1.165, 1.54) is 0 Å². The summed E-state index contributed by atoms with van der Waals surface area (Å²) in [5.74, 6) is -4.41. The second-order valence-electron chi connectivity index (χ2n) is 5.71. The summed E-state index contributed by atoms with van der Waals surface area (Å²) in [6, 6.07) is -0.0680. The van der Waals surface area contributed by atoms with E-state index in [0.29, 0.717) is 17.4 Å². The summed E-state index contributed by atoms with van der Waals surface area (Å²) in [5.41, 5.74) is -5.94. The van der Waals surface area contributed by atoms with Gasteiger partial charge in [-0.25, -0.2) is 13.1 Å². The van der Waals surface area contributed by atoms with Crippen molar-refractivity contribution in [2.24, 2.45) is 0 Å². The molecule has 0 aliphatic carbocycles. The molecule has 0 aliphatic heterocycles. The number of thiophene rings is 1. The van der Waals surface area contributed by atoms with E-state index in [1.54, 1.807) is 0 Å². The number of Topliss-reactive ketones (excluding diaryl/α,β-unsaturated/α-hetero) is 1. The first-order chi connectivity index (χ1) is 20.1. The number of ketones is 1. The zero-order chi connectivity index (χ0) is 34.8. The third-order valence-electron chi connectivity index (χ3n) is 3.70. The molecule has 10 heteroatoms. The Morgan fingerprint density at radius 3 is 2.83 bits per heavy atom. The molecule has 2 aromatic heterocycles. The number of aromatic nitrogens is 1. The molecule has 0 atom stereocenters. The van der Waals surface area contributed by atoms with Gasteiger partial charge in [0.25, 0.3) is 15.9 Å². The molecule has 30 heavy (non-hydrogen) atoms. The van der Waals surface area contributed by atoms with Gasteiger partial charge in [0.05, 0.1) is 12.8 Å². The number of sulfonamides is 1. The maximum Gasteiger partial charge on any atom is 0.267 e. The Hall–Kier alpha value is -2.98. The number of benzene rings is 1. The number of hydrogen-bond acceptors (Lipinski definition) is 7. The Morgan fingerprint density at radius 1 is 1.33 bits per heavy atom. The molecule has 0 radical (unpaired) electrons. The van der Waals surface area contributed by atoms with Gasteiger partial charge in [0.2, 0.25) is 5.88 Å². The van der Waals surface area contributed by atoms with Crippen LogP contribution < -0.4 is 10.0 Å². The highest BCUT2D eigenvalue weighted by Gasteiger charge is 2.27. The van der Waals surface area contributed by atoms with Crippen LogP contribution in [0.1, 0.15) is 67.1 Å². The van der Waals surface area contributed by atoms with E-state index in [0.717, 1.165) is 18.4 Å². The molecule has 8 nitrogen and oxygen atoms in total. The molecule has 1 aromatic carbocycles. The topological polar surface area (TPSA) is 118 Å². The lowest BCUT2D eigenvalue weighted by atomic mass is 10.0. The molecule has 2 N–H and O–H groups in total. The number of hydrogen-bond donors (Lipinski definition) is 2. The Kier molecular flexibility index (Phi) is 2.53.